The lowest BCUT2D eigenvalue weighted by atomic mass is 9.90. The Hall–Kier alpha value is -1.76. The molecule has 128 valence electrons. The number of aliphatic hydroxyl groups is 1. The minimum atomic E-state index is -4.66. The molecule has 1 amide bonds. The third-order valence-corrected chi connectivity index (χ3v) is 4.06. The van der Waals surface area contributed by atoms with Gasteiger partial charge in [-0.15, -0.1) is 0 Å². The van der Waals surface area contributed by atoms with E-state index in [4.69, 9.17) is 4.74 Å². The second kappa shape index (κ2) is 6.78. The lowest BCUT2D eigenvalue weighted by Crippen LogP contribution is -2.54. The zero-order valence-electron chi connectivity index (χ0n) is 12.9. The number of halogens is 3. The molecule has 4 nitrogen and oxygen atoms in total. The fourth-order valence-corrected chi connectivity index (χ4v) is 2.57. The van der Waals surface area contributed by atoms with Crippen LogP contribution in [0.5, 0.6) is 5.75 Å². The van der Waals surface area contributed by atoms with Gasteiger partial charge in [0.1, 0.15) is 5.75 Å². The SMILES string of the molecule is CCOc1ccc(CC(=O)N2CCC(O)(C(F)(F)F)CC2)cc1. The van der Waals surface area contributed by atoms with E-state index in [2.05, 4.69) is 0 Å². The monoisotopic (exact) mass is 331 g/mol. The van der Waals surface area contributed by atoms with Crippen molar-refractivity contribution in [1.29, 1.82) is 0 Å². The van der Waals surface area contributed by atoms with E-state index < -0.39 is 24.6 Å². The first-order valence-corrected chi connectivity index (χ1v) is 7.54. The van der Waals surface area contributed by atoms with Gasteiger partial charge in [-0.3, -0.25) is 4.79 Å². The van der Waals surface area contributed by atoms with Crippen LogP contribution in [0.25, 0.3) is 0 Å². The maximum absolute atomic E-state index is 12.7. The van der Waals surface area contributed by atoms with Crippen LogP contribution in [0.15, 0.2) is 24.3 Å². The van der Waals surface area contributed by atoms with Crippen molar-refractivity contribution in [1.82, 2.24) is 4.90 Å². The first kappa shape index (κ1) is 17.6. The molecule has 0 bridgehead atoms. The number of rotatable bonds is 4. The number of ether oxygens (including phenoxy) is 1. The molecular weight excluding hydrogens is 311 g/mol. The maximum Gasteiger partial charge on any atom is 0.417 e. The van der Waals surface area contributed by atoms with Crippen molar-refractivity contribution in [3.63, 3.8) is 0 Å². The molecule has 0 atom stereocenters. The first-order chi connectivity index (χ1) is 10.7. The fourth-order valence-electron chi connectivity index (χ4n) is 2.57. The van der Waals surface area contributed by atoms with Gasteiger partial charge in [0.2, 0.25) is 5.91 Å². The number of alkyl halides is 3. The van der Waals surface area contributed by atoms with Crippen molar-refractivity contribution < 1.29 is 27.8 Å². The number of likely N-dealkylation sites (tertiary alicyclic amines) is 1. The van der Waals surface area contributed by atoms with E-state index in [0.717, 1.165) is 5.56 Å². The van der Waals surface area contributed by atoms with Gasteiger partial charge in [-0.05, 0) is 24.6 Å². The van der Waals surface area contributed by atoms with Crippen molar-refractivity contribution in [3.05, 3.63) is 29.8 Å². The van der Waals surface area contributed by atoms with E-state index in [1.54, 1.807) is 24.3 Å². The molecule has 1 fully saturated rings. The average Bonchev–Trinajstić information content (AvgIpc) is 2.49. The number of benzene rings is 1. The predicted molar refractivity (Wildman–Crippen MR) is 78.1 cm³/mol. The highest BCUT2D eigenvalue weighted by molar-refractivity contribution is 5.79. The molecule has 1 N–H and O–H groups in total. The Kier molecular flexibility index (Phi) is 5.19. The highest BCUT2D eigenvalue weighted by Gasteiger charge is 2.54. The molecule has 1 aromatic rings. The molecule has 0 aromatic heterocycles. The largest absolute Gasteiger partial charge is 0.494 e. The van der Waals surface area contributed by atoms with Crippen LogP contribution in [0, 0.1) is 0 Å². The molecule has 2 rings (SSSR count). The average molecular weight is 331 g/mol. The number of hydrogen-bond acceptors (Lipinski definition) is 3. The Balaban J connectivity index is 1.90. The first-order valence-electron chi connectivity index (χ1n) is 7.54. The molecule has 1 aromatic carbocycles. The Morgan fingerprint density at radius 2 is 1.83 bits per heavy atom. The number of hydrogen-bond donors (Lipinski definition) is 1. The zero-order valence-corrected chi connectivity index (χ0v) is 12.9. The summed E-state index contributed by atoms with van der Waals surface area (Å²) in [6.07, 6.45) is -5.49. The predicted octanol–water partition coefficient (Wildman–Crippen LogP) is 2.54. The standard InChI is InChI=1S/C16H20F3NO3/c1-2-23-13-5-3-12(4-6-13)11-14(21)20-9-7-15(22,8-10-20)16(17,18)19/h3-6,22H,2,7-11H2,1H3. The molecule has 23 heavy (non-hydrogen) atoms. The summed E-state index contributed by atoms with van der Waals surface area (Å²) in [7, 11) is 0. The molecule has 0 spiro atoms. The van der Waals surface area contributed by atoms with Crippen molar-refractivity contribution >= 4 is 5.91 Å². The van der Waals surface area contributed by atoms with E-state index >= 15 is 0 Å². The molecule has 7 heteroatoms. The highest BCUT2D eigenvalue weighted by Crippen LogP contribution is 2.38. The second-order valence-electron chi connectivity index (χ2n) is 5.66. The summed E-state index contributed by atoms with van der Waals surface area (Å²) in [6.45, 7) is 2.24. The summed E-state index contributed by atoms with van der Waals surface area (Å²) in [5, 5.41) is 9.60. The third-order valence-electron chi connectivity index (χ3n) is 4.06. The molecular formula is C16H20F3NO3. The van der Waals surface area contributed by atoms with Crippen molar-refractivity contribution in [3.8, 4) is 5.75 Å². The molecule has 1 saturated heterocycles. The van der Waals surface area contributed by atoms with Crippen molar-refractivity contribution in [2.75, 3.05) is 19.7 Å². The van der Waals surface area contributed by atoms with Crippen LogP contribution in [0.4, 0.5) is 13.2 Å². The normalized spacial score (nSPS) is 17.9. The van der Waals surface area contributed by atoms with Crippen LogP contribution in [-0.4, -0.2) is 47.4 Å². The molecule has 1 heterocycles. The van der Waals surface area contributed by atoms with Gasteiger partial charge >= 0.3 is 6.18 Å². The summed E-state index contributed by atoms with van der Waals surface area (Å²) in [5.74, 6) is 0.468. The van der Waals surface area contributed by atoms with Crippen molar-refractivity contribution in [2.24, 2.45) is 0 Å². The minimum Gasteiger partial charge on any atom is -0.494 e. The van der Waals surface area contributed by atoms with E-state index in [1.165, 1.54) is 4.90 Å². The quantitative estimate of drug-likeness (QED) is 0.922. The summed E-state index contributed by atoms with van der Waals surface area (Å²) in [6, 6.07) is 7.03. The summed E-state index contributed by atoms with van der Waals surface area (Å²) in [5.41, 5.74) is -1.90. The lowest BCUT2D eigenvalue weighted by Gasteiger charge is -2.39. The number of piperidine rings is 1. The van der Waals surface area contributed by atoms with E-state index in [1.807, 2.05) is 6.92 Å². The Bertz CT molecular complexity index is 534. The Labute approximate surface area is 132 Å². The Morgan fingerprint density at radius 1 is 1.26 bits per heavy atom. The second-order valence-corrected chi connectivity index (χ2v) is 5.66. The van der Waals surface area contributed by atoms with E-state index in [9.17, 15) is 23.1 Å². The van der Waals surface area contributed by atoms with Crippen LogP contribution in [0.3, 0.4) is 0 Å². The molecule has 0 unspecified atom stereocenters. The Morgan fingerprint density at radius 3 is 2.30 bits per heavy atom. The van der Waals surface area contributed by atoms with Crippen LogP contribution in [0.2, 0.25) is 0 Å². The van der Waals surface area contributed by atoms with E-state index in [0.29, 0.717) is 12.4 Å². The summed E-state index contributed by atoms with van der Waals surface area (Å²) < 4.78 is 43.5. The number of nitrogens with zero attached hydrogens (tertiary/aromatic N) is 1. The van der Waals surface area contributed by atoms with Crippen molar-refractivity contribution in [2.45, 2.75) is 38.0 Å². The lowest BCUT2D eigenvalue weighted by molar-refractivity contribution is -0.272. The molecule has 0 saturated carbocycles. The topological polar surface area (TPSA) is 49.8 Å². The van der Waals surface area contributed by atoms with Crippen LogP contribution in [-0.2, 0) is 11.2 Å². The smallest absolute Gasteiger partial charge is 0.417 e. The van der Waals surface area contributed by atoms with Crippen LogP contribution >= 0.6 is 0 Å². The van der Waals surface area contributed by atoms with Gasteiger partial charge in [0.05, 0.1) is 13.0 Å². The van der Waals surface area contributed by atoms with Gasteiger partial charge in [-0.2, -0.15) is 13.2 Å². The van der Waals surface area contributed by atoms with Gasteiger partial charge in [0, 0.05) is 25.9 Å². The van der Waals surface area contributed by atoms with Gasteiger partial charge < -0.3 is 14.7 Å². The maximum atomic E-state index is 12.7. The molecule has 0 radical (unpaired) electrons. The molecule has 1 aliphatic rings. The van der Waals surface area contributed by atoms with Crippen LogP contribution < -0.4 is 4.74 Å². The number of carbonyl (C=O) groups excluding carboxylic acids is 1. The zero-order chi connectivity index (χ0) is 17.1. The fraction of sp³-hybridized carbons (Fsp3) is 0.562. The third kappa shape index (κ3) is 4.16. The number of carbonyl (C=O) groups is 1. The summed E-state index contributed by atoms with van der Waals surface area (Å²) >= 11 is 0. The van der Waals surface area contributed by atoms with Gasteiger partial charge in [-0.25, -0.2) is 0 Å². The van der Waals surface area contributed by atoms with Gasteiger partial charge in [0.25, 0.3) is 0 Å². The molecule has 0 aliphatic carbocycles. The minimum absolute atomic E-state index is 0.0914. The highest BCUT2D eigenvalue weighted by atomic mass is 19.4. The summed E-state index contributed by atoms with van der Waals surface area (Å²) in [4.78, 5) is 13.5. The number of amides is 1. The molecule has 1 aliphatic heterocycles. The van der Waals surface area contributed by atoms with Gasteiger partial charge in [-0.1, -0.05) is 12.1 Å². The van der Waals surface area contributed by atoms with E-state index in [-0.39, 0.29) is 25.4 Å². The van der Waals surface area contributed by atoms with Crippen LogP contribution in [0.1, 0.15) is 25.3 Å². The van der Waals surface area contributed by atoms with Gasteiger partial charge in [0.15, 0.2) is 5.60 Å².